The first-order valence-electron chi connectivity index (χ1n) is 10.8. The molecule has 1 spiro atoms. The summed E-state index contributed by atoms with van der Waals surface area (Å²) in [6.45, 7) is 4.35. The minimum Gasteiger partial charge on any atom is -0.477 e. The van der Waals surface area contributed by atoms with Crippen LogP contribution in [0.25, 0.3) is 5.69 Å². The Balaban J connectivity index is 1.34. The van der Waals surface area contributed by atoms with Gasteiger partial charge in [0.05, 0.1) is 15.8 Å². The average Bonchev–Trinajstić information content (AvgIpc) is 3.31. The van der Waals surface area contributed by atoms with Gasteiger partial charge in [-0.05, 0) is 50.2 Å². The second kappa shape index (κ2) is 7.48. The number of imidazole rings is 1. The Morgan fingerprint density at radius 3 is 2.44 bits per heavy atom. The van der Waals surface area contributed by atoms with Crippen LogP contribution in [0.5, 0.6) is 5.75 Å². The Morgan fingerprint density at radius 1 is 1.06 bits per heavy atom. The normalized spacial score (nSPS) is 17.0. The number of amides is 1. The Bertz CT molecular complexity index is 1270. The highest BCUT2D eigenvalue weighted by molar-refractivity contribution is 7.92. The predicted molar refractivity (Wildman–Crippen MR) is 120 cm³/mol. The zero-order valence-corrected chi connectivity index (χ0v) is 18.9. The van der Waals surface area contributed by atoms with E-state index < -0.39 is 20.7 Å². The van der Waals surface area contributed by atoms with Crippen molar-refractivity contribution in [1.29, 1.82) is 0 Å². The fourth-order valence-electron chi connectivity index (χ4n) is 4.47. The third-order valence-corrected chi connectivity index (χ3v) is 8.56. The highest BCUT2D eigenvalue weighted by Crippen LogP contribution is 2.44. The van der Waals surface area contributed by atoms with Crippen LogP contribution in [-0.2, 0) is 15.4 Å². The molecule has 0 N–H and O–H groups in total. The Morgan fingerprint density at radius 2 is 1.75 bits per heavy atom. The maximum Gasteiger partial charge on any atom is 0.253 e. The molecule has 3 aromatic rings. The van der Waals surface area contributed by atoms with Crippen LogP contribution in [0, 0.1) is 0 Å². The molecule has 1 amide bonds. The smallest absolute Gasteiger partial charge is 0.253 e. The number of para-hydroxylation sites is 2. The van der Waals surface area contributed by atoms with Crippen molar-refractivity contribution < 1.29 is 17.9 Å². The molecule has 0 bridgehead atoms. The number of fused-ring (bicyclic) bond motifs is 4. The van der Waals surface area contributed by atoms with E-state index in [0.29, 0.717) is 31.5 Å². The Labute approximate surface area is 187 Å². The van der Waals surface area contributed by atoms with E-state index in [-0.39, 0.29) is 10.8 Å². The minimum absolute atomic E-state index is 0.104. The molecule has 0 atom stereocenters. The molecule has 0 radical (unpaired) electrons. The number of aromatic nitrogens is 2. The van der Waals surface area contributed by atoms with Gasteiger partial charge < -0.3 is 9.64 Å². The highest BCUT2D eigenvalue weighted by Gasteiger charge is 2.46. The summed E-state index contributed by atoms with van der Waals surface area (Å²) in [5.41, 5.74) is 0.893. The summed E-state index contributed by atoms with van der Waals surface area (Å²) in [5, 5.41) is -0.504. The van der Waals surface area contributed by atoms with Gasteiger partial charge >= 0.3 is 0 Å². The molecule has 2 aliphatic rings. The van der Waals surface area contributed by atoms with Crippen LogP contribution in [0.3, 0.4) is 0 Å². The summed E-state index contributed by atoms with van der Waals surface area (Å²) >= 11 is 0. The quantitative estimate of drug-likeness (QED) is 0.608. The number of nitrogens with zero attached hydrogens (tertiary/aromatic N) is 3. The fourth-order valence-corrected chi connectivity index (χ4v) is 5.53. The van der Waals surface area contributed by atoms with Crippen LogP contribution in [0.2, 0.25) is 0 Å². The zero-order valence-electron chi connectivity index (χ0n) is 18.1. The average molecular weight is 452 g/mol. The fraction of sp³-hybridized carbons (Fsp3) is 0.333. The lowest BCUT2D eigenvalue weighted by molar-refractivity contribution is -0.0127. The minimum atomic E-state index is -3.36. The van der Waals surface area contributed by atoms with Gasteiger partial charge in [0.15, 0.2) is 21.3 Å². The molecule has 2 aromatic carbocycles. The molecule has 8 heteroatoms. The summed E-state index contributed by atoms with van der Waals surface area (Å²) in [6, 6.07) is 14.1. The van der Waals surface area contributed by atoms with E-state index in [1.54, 1.807) is 37.1 Å². The number of ether oxygens (including phenoxy) is 1. The summed E-state index contributed by atoms with van der Waals surface area (Å²) in [7, 11) is -3.36. The van der Waals surface area contributed by atoms with Crippen LogP contribution in [0.1, 0.15) is 42.9 Å². The first kappa shape index (κ1) is 20.8. The Hall–Kier alpha value is -3.13. The Kier molecular flexibility index (Phi) is 4.85. The number of hydrogen-bond acceptors (Lipinski definition) is 5. The van der Waals surface area contributed by atoms with Crippen molar-refractivity contribution in [2.24, 2.45) is 0 Å². The summed E-state index contributed by atoms with van der Waals surface area (Å²) in [4.78, 5) is 19.7. The lowest BCUT2D eigenvalue weighted by Crippen LogP contribution is -2.50. The van der Waals surface area contributed by atoms with Gasteiger partial charge in [-0.3, -0.25) is 9.36 Å². The second-order valence-corrected chi connectivity index (χ2v) is 11.1. The first-order chi connectivity index (χ1) is 15.3. The van der Waals surface area contributed by atoms with Crippen LogP contribution in [0.15, 0.2) is 65.8 Å². The lowest BCUT2D eigenvalue weighted by Gasteiger charge is -2.44. The molecular formula is C24H25N3O4S. The van der Waals surface area contributed by atoms with Gasteiger partial charge in [0.1, 0.15) is 5.75 Å². The van der Waals surface area contributed by atoms with Crippen molar-refractivity contribution in [3.05, 3.63) is 72.3 Å². The van der Waals surface area contributed by atoms with Crippen LogP contribution in [0.4, 0.5) is 0 Å². The number of carbonyl (C=O) groups is 1. The molecule has 5 rings (SSSR count). The van der Waals surface area contributed by atoms with Crippen molar-refractivity contribution in [1.82, 2.24) is 14.5 Å². The number of carbonyl (C=O) groups excluding carboxylic acids is 1. The van der Waals surface area contributed by atoms with Gasteiger partial charge in [-0.15, -0.1) is 0 Å². The molecule has 2 aliphatic heterocycles. The number of rotatable bonds is 3. The summed E-state index contributed by atoms with van der Waals surface area (Å²) in [5.74, 6) is 1.58. The van der Waals surface area contributed by atoms with Crippen molar-refractivity contribution in [3.63, 3.8) is 0 Å². The van der Waals surface area contributed by atoms with Gasteiger partial charge in [-0.1, -0.05) is 12.1 Å². The SMILES string of the molecule is CC(C)S(=O)(=O)c1ccc(C(=O)N2CCC3(CC2)Oc2ccccc2-n2ccnc23)cc1. The molecule has 7 nitrogen and oxygen atoms in total. The number of hydrogen-bond donors (Lipinski definition) is 0. The van der Waals surface area contributed by atoms with Gasteiger partial charge in [0, 0.05) is 43.9 Å². The van der Waals surface area contributed by atoms with Crippen molar-refractivity contribution in [3.8, 4) is 11.4 Å². The monoisotopic (exact) mass is 451 g/mol. The van der Waals surface area contributed by atoms with E-state index >= 15 is 0 Å². The predicted octanol–water partition coefficient (Wildman–Crippen LogP) is 3.58. The van der Waals surface area contributed by atoms with Crippen LogP contribution < -0.4 is 4.74 Å². The number of likely N-dealkylation sites (tertiary alicyclic amines) is 1. The number of piperidine rings is 1. The molecule has 1 saturated heterocycles. The molecule has 0 unspecified atom stereocenters. The molecule has 3 heterocycles. The van der Waals surface area contributed by atoms with Gasteiger partial charge in [0.2, 0.25) is 0 Å². The van der Waals surface area contributed by atoms with Crippen molar-refractivity contribution in [2.75, 3.05) is 13.1 Å². The molecule has 0 aliphatic carbocycles. The van der Waals surface area contributed by atoms with Crippen LogP contribution >= 0.6 is 0 Å². The van der Waals surface area contributed by atoms with E-state index in [9.17, 15) is 13.2 Å². The first-order valence-corrected chi connectivity index (χ1v) is 12.3. The van der Waals surface area contributed by atoms with E-state index in [1.165, 1.54) is 12.1 Å². The van der Waals surface area contributed by atoms with Gasteiger partial charge in [-0.25, -0.2) is 13.4 Å². The molecule has 166 valence electrons. The van der Waals surface area contributed by atoms with E-state index in [4.69, 9.17) is 4.74 Å². The molecule has 1 aromatic heterocycles. The van der Waals surface area contributed by atoms with Crippen molar-refractivity contribution >= 4 is 15.7 Å². The molecular weight excluding hydrogens is 426 g/mol. The molecule has 0 saturated carbocycles. The largest absolute Gasteiger partial charge is 0.477 e. The highest BCUT2D eigenvalue weighted by atomic mass is 32.2. The van der Waals surface area contributed by atoms with Gasteiger partial charge in [0.25, 0.3) is 5.91 Å². The van der Waals surface area contributed by atoms with Gasteiger partial charge in [-0.2, -0.15) is 0 Å². The van der Waals surface area contributed by atoms with Crippen molar-refractivity contribution in [2.45, 2.75) is 42.4 Å². The van der Waals surface area contributed by atoms with Crippen LogP contribution in [-0.4, -0.2) is 47.1 Å². The number of sulfone groups is 1. The standard InChI is InChI=1S/C24H25N3O4S/c1-17(2)32(29,30)19-9-7-18(8-10-19)22(28)26-14-11-24(12-15-26)23-25-13-16-27(23)20-5-3-4-6-21(20)31-24/h3-10,13,16-17H,11-12,14-15H2,1-2H3. The third kappa shape index (κ3) is 3.21. The number of benzene rings is 2. The van der Waals surface area contributed by atoms with E-state index in [1.807, 2.05) is 30.5 Å². The zero-order chi connectivity index (χ0) is 22.5. The lowest BCUT2D eigenvalue weighted by atomic mass is 9.88. The molecule has 32 heavy (non-hydrogen) atoms. The van der Waals surface area contributed by atoms with E-state index in [0.717, 1.165) is 17.3 Å². The maximum atomic E-state index is 13.1. The molecule has 1 fully saturated rings. The van der Waals surface area contributed by atoms with E-state index in [2.05, 4.69) is 9.55 Å². The third-order valence-electron chi connectivity index (χ3n) is 6.39. The topological polar surface area (TPSA) is 81.5 Å². The summed E-state index contributed by atoms with van der Waals surface area (Å²) in [6.07, 6.45) is 4.99. The second-order valence-electron chi connectivity index (χ2n) is 8.60. The summed E-state index contributed by atoms with van der Waals surface area (Å²) < 4.78 is 33.2. The maximum absolute atomic E-state index is 13.1.